The van der Waals surface area contributed by atoms with Gasteiger partial charge in [-0.3, -0.25) is 4.79 Å². The number of nitrogens with one attached hydrogen (secondary N) is 1. The van der Waals surface area contributed by atoms with Gasteiger partial charge in [-0.05, 0) is 53.2 Å². The van der Waals surface area contributed by atoms with Crippen molar-refractivity contribution in [2.45, 2.75) is 6.61 Å². The lowest BCUT2D eigenvalue weighted by Gasteiger charge is -2.13. The summed E-state index contributed by atoms with van der Waals surface area (Å²) in [7, 11) is 1.30. The summed E-state index contributed by atoms with van der Waals surface area (Å²) < 4.78 is 11.8. The molecule has 0 aliphatic carbocycles. The second-order valence-corrected chi connectivity index (χ2v) is 8.63. The number of methoxy groups -OCH3 is 1. The summed E-state index contributed by atoms with van der Waals surface area (Å²) in [6.45, 7) is 0.307. The number of carbonyl (C=O) groups excluding carboxylic acids is 2. The lowest BCUT2D eigenvalue weighted by atomic mass is 10.0. The smallest absolute Gasteiger partial charge is 0.337 e. The SMILES string of the molecule is COC(=O)c1ccc(NC(=O)/C(C#N)=C/c2c(OCc3ccccc3Br)ccc3ccccc23)cc1. The van der Waals surface area contributed by atoms with Gasteiger partial charge in [0.05, 0.1) is 12.7 Å². The Morgan fingerprint density at radius 2 is 1.69 bits per heavy atom. The molecule has 0 aromatic heterocycles. The first-order valence-electron chi connectivity index (χ1n) is 11.0. The first-order valence-corrected chi connectivity index (χ1v) is 11.8. The van der Waals surface area contributed by atoms with E-state index >= 15 is 0 Å². The quantitative estimate of drug-likeness (QED) is 0.164. The van der Waals surface area contributed by atoms with Gasteiger partial charge in [-0.25, -0.2) is 4.79 Å². The summed E-state index contributed by atoms with van der Waals surface area (Å²) in [5.41, 5.74) is 2.31. The number of fused-ring (bicyclic) bond motifs is 1. The third kappa shape index (κ3) is 5.62. The molecule has 0 unspecified atom stereocenters. The average Bonchev–Trinajstić information content (AvgIpc) is 2.91. The first-order chi connectivity index (χ1) is 17.5. The standard InChI is InChI=1S/C29H21BrN2O4/c1-35-29(34)20-10-13-23(14-11-20)32-28(33)22(17-31)16-25-24-8-4-2-6-19(24)12-15-27(25)36-18-21-7-3-5-9-26(21)30/h2-16H,18H2,1H3,(H,32,33)/b22-16+. The van der Waals surface area contributed by atoms with Crippen molar-refractivity contribution in [3.63, 3.8) is 0 Å². The lowest BCUT2D eigenvalue weighted by molar-refractivity contribution is -0.112. The zero-order chi connectivity index (χ0) is 25.5. The number of benzene rings is 4. The number of carbonyl (C=O) groups is 2. The summed E-state index contributed by atoms with van der Waals surface area (Å²) >= 11 is 3.53. The summed E-state index contributed by atoms with van der Waals surface area (Å²) in [6, 6.07) is 27.5. The zero-order valence-electron chi connectivity index (χ0n) is 19.3. The van der Waals surface area contributed by atoms with Gasteiger partial charge in [-0.15, -0.1) is 0 Å². The Hall–Kier alpha value is -4.41. The Bertz CT molecular complexity index is 1500. The Balaban J connectivity index is 1.65. The number of ether oxygens (including phenoxy) is 2. The fourth-order valence-corrected chi connectivity index (χ4v) is 4.02. The van der Waals surface area contributed by atoms with Gasteiger partial charge in [-0.2, -0.15) is 5.26 Å². The molecule has 1 N–H and O–H groups in total. The summed E-state index contributed by atoms with van der Waals surface area (Å²) in [4.78, 5) is 24.6. The molecule has 0 bridgehead atoms. The highest BCUT2D eigenvalue weighted by molar-refractivity contribution is 9.10. The van der Waals surface area contributed by atoms with E-state index < -0.39 is 11.9 Å². The van der Waals surface area contributed by atoms with Gasteiger partial charge in [0.15, 0.2) is 0 Å². The van der Waals surface area contributed by atoms with Crippen molar-refractivity contribution in [2.75, 3.05) is 12.4 Å². The van der Waals surface area contributed by atoms with Crippen LogP contribution in [0.25, 0.3) is 16.8 Å². The van der Waals surface area contributed by atoms with Crippen LogP contribution >= 0.6 is 15.9 Å². The minimum Gasteiger partial charge on any atom is -0.488 e. The Morgan fingerprint density at radius 1 is 0.972 bits per heavy atom. The molecular formula is C29H21BrN2O4. The monoisotopic (exact) mass is 540 g/mol. The van der Waals surface area contributed by atoms with E-state index in [2.05, 4.69) is 26.0 Å². The number of amides is 1. The zero-order valence-corrected chi connectivity index (χ0v) is 20.9. The molecule has 4 aromatic rings. The predicted molar refractivity (Wildman–Crippen MR) is 142 cm³/mol. The third-order valence-electron chi connectivity index (χ3n) is 5.49. The van der Waals surface area contributed by atoms with Crippen molar-refractivity contribution < 1.29 is 19.1 Å². The molecule has 0 spiro atoms. The number of rotatable bonds is 7. The molecule has 0 saturated heterocycles. The fraction of sp³-hybridized carbons (Fsp3) is 0.0690. The maximum absolute atomic E-state index is 13.0. The van der Waals surface area contributed by atoms with Gasteiger partial charge in [0.1, 0.15) is 24.0 Å². The highest BCUT2D eigenvalue weighted by atomic mass is 79.9. The maximum atomic E-state index is 13.0. The largest absolute Gasteiger partial charge is 0.488 e. The Kier molecular flexibility index (Phi) is 7.79. The molecule has 178 valence electrons. The highest BCUT2D eigenvalue weighted by Crippen LogP contribution is 2.31. The van der Waals surface area contributed by atoms with Crippen LogP contribution in [-0.2, 0) is 16.1 Å². The maximum Gasteiger partial charge on any atom is 0.337 e. The number of esters is 1. The summed E-state index contributed by atoms with van der Waals surface area (Å²) in [5, 5.41) is 14.3. The fourth-order valence-electron chi connectivity index (χ4n) is 3.62. The van der Waals surface area contributed by atoms with Crippen LogP contribution in [0.2, 0.25) is 0 Å². The van der Waals surface area contributed by atoms with Crippen LogP contribution in [0, 0.1) is 11.3 Å². The molecule has 0 atom stereocenters. The van der Waals surface area contributed by atoms with E-state index in [1.165, 1.54) is 25.3 Å². The molecule has 0 saturated carbocycles. The second-order valence-electron chi connectivity index (χ2n) is 7.77. The van der Waals surface area contributed by atoms with E-state index in [-0.39, 0.29) is 5.57 Å². The van der Waals surface area contributed by atoms with Crippen LogP contribution in [-0.4, -0.2) is 19.0 Å². The van der Waals surface area contributed by atoms with Crippen LogP contribution in [0.1, 0.15) is 21.5 Å². The molecule has 4 aromatic carbocycles. The number of hydrogen-bond acceptors (Lipinski definition) is 5. The van der Waals surface area contributed by atoms with Crippen molar-refractivity contribution in [1.29, 1.82) is 5.26 Å². The van der Waals surface area contributed by atoms with Crippen LogP contribution in [0.4, 0.5) is 5.69 Å². The van der Waals surface area contributed by atoms with Gasteiger partial charge in [0, 0.05) is 21.3 Å². The first kappa shape index (κ1) is 24.7. The molecule has 0 fully saturated rings. The van der Waals surface area contributed by atoms with E-state index in [0.717, 1.165) is 20.8 Å². The molecule has 6 nitrogen and oxygen atoms in total. The van der Waals surface area contributed by atoms with Crippen molar-refractivity contribution in [1.82, 2.24) is 0 Å². The van der Waals surface area contributed by atoms with E-state index in [4.69, 9.17) is 4.74 Å². The number of nitriles is 1. The predicted octanol–water partition coefficient (Wildman–Crippen LogP) is 6.51. The molecule has 0 heterocycles. The van der Waals surface area contributed by atoms with E-state index in [9.17, 15) is 14.9 Å². The molecule has 0 aliphatic rings. The molecule has 0 radical (unpaired) electrons. The molecule has 7 heteroatoms. The van der Waals surface area contributed by atoms with Crippen LogP contribution in [0.15, 0.2) is 95.0 Å². The molecule has 0 aliphatic heterocycles. The molecule has 36 heavy (non-hydrogen) atoms. The van der Waals surface area contributed by atoms with Crippen LogP contribution in [0.3, 0.4) is 0 Å². The lowest BCUT2D eigenvalue weighted by Crippen LogP contribution is -2.13. The van der Waals surface area contributed by atoms with E-state index in [1.54, 1.807) is 12.1 Å². The van der Waals surface area contributed by atoms with Crippen molar-refractivity contribution in [3.05, 3.63) is 112 Å². The molecule has 1 amide bonds. The summed E-state index contributed by atoms with van der Waals surface area (Å²) in [5.74, 6) is -0.503. The van der Waals surface area contributed by atoms with Gasteiger partial charge >= 0.3 is 5.97 Å². The number of anilines is 1. The second kappa shape index (κ2) is 11.3. The number of nitrogens with zero attached hydrogens (tertiary/aromatic N) is 1. The number of hydrogen-bond donors (Lipinski definition) is 1. The van der Waals surface area contributed by atoms with Crippen LogP contribution in [0.5, 0.6) is 5.75 Å². The normalized spacial score (nSPS) is 11.0. The highest BCUT2D eigenvalue weighted by Gasteiger charge is 2.15. The third-order valence-corrected chi connectivity index (χ3v) is 6.26. The van der Waals surface area contributed by atoms with Crippen molar-refractivity contribution >= 4 is 50.3 Å². The van der Waals surface area contributed by atoms with Gasteiger partial charge in [0.2, 0.25) is 0 Å². The van der Waals surface area contributed by atoms with Crippen molar-refractivity contribution in [2.24, 2.45) is 0 Å². The van der Waals surface area contributed by atoms with Gasteiger partial charge < -0.3 is 14.8 Å². The van der Waals surface area contributed by atoms with Crippen LogP contribution < -0.4 is 10.1 Å². The number of halogens is 1. The molecular weight excluding hydrogens is 520 g/mol. The minimum absolute atomic E-state index is 0.0888. The average molecular weight is 541 g/mol. The van der Waals surface area contributed by atoms with Crippen molar-refractivity contribution in [3.8, 4) is 11.8 Å². The molecule has 4 rings (SSSR count). The van der Waals surface area contributed by atoms with E-state index in [1.807, 2.05) is 66.7 Å². The van der Waals surface area contributed by atoms with Gasteiger partial charge in [0.25, 0.3) is 5.91 Å². The Morgan fingerprint density at radius 3 is 2.42 bits per heavy atom. The van der Waals surface area contributed by atoms with Gasteiger partial charge in [-0.1, -0.05) is 64.5 Å². The topological polar surface area (TPSA) is 88.4 Å². The Labute approximate surface area is 216 Å². The minimum atomic E-state index is -0.576. The van der Waals surface area contributed by atoms with E-state index in [0.29, 0.717) is 29.2 Å². The summed E-state index contributed by atoms with van der Waals surface area (Å²) in [6.07, 6.45) is 1.54.